The number of hydrogen-bond donors (Lipinski definition) is 10. The van der Waals surface area contributed by atoms with Gasteiger partial charge in [-0.15, -0.1) is 0 Å². The number of carbonyl (C=O) groups excluding carboxylic acids is 6. The third kappa shape index (κ3) is 43.1. The first-order valence-electron chi connectivity index (χ1n) is 31.5. The summed E-state index contributed by atoms with van der Waals surface area (Å²) in [5, 5.41) is 45.4. The first kappa shape index (κ1) is 77.7. The van der Waals surface area contributed by atoms with Gasteiger partial charge in [-0.2, -0.15) is 0 Å². The number of aliphatic carboxylic acids is 2. The number of phenolic OH excluding ortho intramolecular Hbond substituents is 1. The minimum absolute atomic E-state index is 0. The summed E-state index contributed by atoms with van der Waals surface area (Å²) in [6, 6.07) is 4.82. The zero-order valence-electron chi connectivity index (χ0n) is 51.2. The van der Waals surface area contributed by atoms with Crippen LogP contribution in [0.3, 0.4) is 0 Å². The number of ether oxygens (including phenoxy) is 4. The lowest BCUT2D eigenvalue weighted by Gasteiger charge is -2.29. The molecule has 13 N–H and O–H groups in total. The quantitative estimate of drug-likeness (QED) is 0.0375. The summed E-state index contributed by atoms with van der Waals surface area (Å²) < 4.78 is 21.6. The largest absolute Gasteiger partial charge is 0.508 e. The summed E-state index contributed by atoms with van der Waals surface area (Å²) in [4.78, 5) is 97.2. The highest BCUT2D eigenvalue weighted by Crippen LogP contribution is 2.29. The Hall–Kier alpha value is -5.30. The number of ketones is 1. The van der Waals surface area contributed by atoms with Crippen LogP contribution in [0, 0.1) is 17.8 Å². The number of unbranched alkanes of at least 4 members (excludes halogenated alkanes) is 17. The van der Waals surface area contributed by atoms with Gasteiger partial charge in [0.25, 0.3) is 0 Å². The Bertz CT molecular complexity index is 1960. The Balaban J connectivity index is 0.0000361. The van der Waals surface area contributed by atoms with Crippen molar-refractivity contribution in [3.63, 3.8) is 0 Å². The molecule has 23 heteroatoms. The van der Waals surface area contributed by atoms with Crippen molar-refractivity contribution >= 4 is 47.3 Å². The zero-order chi connectivity index (χ0) is 61.3. The van der Waals surface area contributed by atoms with Gasteiger partial charge >= 0.3 is 11.9 Å². The van der Waals surface area contributed by atoms with Crippen molar-refractivity contribution in [3.8, 4) is 5.75 Å². The van der Waals surface area contributed by atoms with Crippen molar-refractivity contribution in [2.75, 3.05) is 92.6 Å². The van der Waals surface area contributed by atoms with Gasteiger partial charge in [-0.25, -0.2) is 4.79 Å². The molecular weight excluding hydrogens is 1100 g/mol. The highest BCUT2D eigenvalue weighted by Gasteiger charge is 2.30. The molecule has 1 aromatic carbocycles. The van der Waals surface area contributed by atoms with Crippen LogP contribution in [0.1, 0.15) is 185 Å². The van der Waals surface area contributed by atoms with E-state index in [1.54, 1.807) is 19.2 Å². The Labute approximate surface area is 505 Å². The molecule has 85 heavy (non-hydrogen) atoms. The monoisotopic (exact) mass is 1210 g/mol. The predicted molar refractivity (Wildman–Crippen MR) is 325 cm³/mol. The average Bonchev–Trinajstić information content (AvgIpc) is 3.63. The summed E-state index contributed by atoms with van der Waals surface area (Å²) in [5.41, 5.74) is 6.37. The second-order valence-corrected chi connectivity index (χ2v) is 22.4. The number of likely N-dealkylation sites (N-methyl/N-ethyl adjacent to an activating group) is 1. The van der Waals surface area contributed by atoms with Gasteiger partial charge in [0.2, 0.25) is 29.5 Å². The van der Waals surface area contributed by atoms with Gasteiger partial charge in [0, 0.05) is 50.7 Å². The number of primary amides is 1. The number of carbonyl (C=O) groups is 8. The lowest BCUT2D eigenvalue weighted by atomic mass is 9.81. The molecule has 1 fully saturated rings. The van der Waals surface area contributed by atoms with E-state index in [4.69, 9.17) is 29.8 Å². The molecule has 1 aliphatic rings. The number of benzene rings is 1. The minimum atomic E-state index is -1.17. The lowest BCUT2D eigenvalue weighted by molar-refractivity contribution is -0.143. The maximum Gasteiger partial charge on any atom is 0.326 e. The molecule has 0 radical (unpaired) electrons. The third-order valence-electron chi connectivity index (χ3n) is 15.3. The number of hydrogen-bond acceptors (Lipinski definition) is 15. The highest BCUT2D eigenvalue weighted by molar-refractivity contribution is 5.89. The molecule has 23 nitrogen and oxygen atoms in total. The van der Waals surface area contributed by atoms with Gasteiger partial charge in [-0.3, -0.25) is 33.6 Å². The van der Waals surface area contributed by atoms with Crippen LogP contribution in [0.5, 0.6) is 5.75 Å². The fourth-order valence-corrected chi connectivity index (χ4v) is 10.2. The number of nitrogens with one attached hydrogen (secondary N) is 6. The van der Waals surface area contributed by atoms with Crippen LogP contribution in [-0.2, 0) is 63.7 Å². The van der Waals surface area contributed by atoms with Gasteiger partial charge in [0.15, 0.2) is 5.78 Å². The summed E-state index contributed by atoms with van der Waals surface area (Å²) in [6.07, 6.45) is 26.7. The zero-order valence-corrected chi connectivity index (χ0v) is 51.2. The summed E-state index contributed by atoms with van der Waals surface area (Å²) >= 11 is 0. The van der Waals surface area contributed by atoms with Crippen LogP contribution < -0.4 is 37.6 Å². The molecule has 488 valence electrons. The van der Waals surface area contributed by atoms with Crippen molar-refractivity contribution in [2.24, 2.45) is 23.5 Å². The number of rotatable bonds is 56. The smallest absolute Gasteiger partial charge is 0.326 e. The third-order valence-corrected chi connectivity index (χ3v) is 15.3. The number of carboxylic acids is 2. The first-order chi connectivity index (χ1) is 40.7. The molecular formula is C62H109N7O16. The van der Waals surface area contributed by atoms with Crippen LogP contribution in [0.2, 0.25) is 0 Å². The number of Topliss-reactive ketones (excluding diaryl/α,β-unsaturated/α-hetero) is 1. The van der Waals surface area contributed by atoms with E-state index in [2.05, 4.69) is 31.9 Å². The summed E-state index contributed by atoms with van der Waals surface area (Å²) in [7, 11) is 1.68. The second-order valence-electron chi connectivity index (χ2n) is 22.4. The number of aromatic hydroxyl groups is 1. The fourth-order valence-electron chi connectivity index (χ4n) is 10.2. The van der Waals surface area contributed by atoms with Gasteiger partial charge in [0.1, 0.15) is 25.0 Å². The van der Waals surface area contributed by atoms with Crippen LogP contribution in [0.25, 0.3) is 0 Å². The van der Waals surface area contributed by atoms with Gasteiger partial charge in [-0.1, -0.05) is 108 Å². The lowest BCUT2D eigenvalue weighted by Crippen LogP contribution is -2.45. The van der Waals surface area contributed by atoms with Gasteiger partial charge < -0.3 is 77.4 Å². The molecule has 1 saturated carbocycles. The van der Waals surface area contributed by atoms with Crippen LogP contribution >= 0.6 is 0 Å². The average molecular weight is 1210 g/mol. The van der Waals surface area contributed by atoms with Crippen molar-refractivity contribution in [2.45, 2.75) is 198 Å². The van der Waals surface area contributed by atoms with E-state index in [9.17, 15) is 48.6 Å². The number of phenols is 1. The maximum atomic E-state index is 13.0. The van der Waals surface area contributed by atoms with Crippen molar-refractivity contribution in [1.29, 1.82) is 0 Å². The van der Waals surface area contributed by atoms with Gasteiger partial charge in [0.05, 0.1) is 45.7 Å². The second kappa shape index (κ2) is 51.9. The van der Waals surface area contributed by atoms with Crippen LogP contribution in [-0.4, -0.2) is 173 Å². The van der Waals surface area contributed by atoms with Crippen molar-refractivity contribution in [3.05, 3.63) is 29.8 Å². The molecule has 1 aromatic rings. The van der Waals surface area contributed by atoms with E-state index >= 15 is 0 Å². The van der Waals surface area contributed by atoms with Crippen molar-refractivity contribution < 1.29 is 78.1 Å². The summed E-state index contributed by atoms with van der Waals surface area (Å²) in [6.45, 7) is 3.63. The molecule has 0 saturated heterocycles. The van der Waals surface area contributed by atoms with Gasteiger partial charge in [-0.05, 0) is 114 Å². The first-order valence-corrected chi connectivity index (χ1v) is 31.5. The molecule has 0 bridgehead atoms. The van der Waals surface area contributed by atoms with E-state index < -0.39 is 35.8 Å². The topological polar surface area (TPSA) is 364 Å². The maximum absolute atomic E-state index is 13.0. The predicted octanol–water partition coefficient (Wildman–Crippen LogP) is 5.20. The van der Waals surface area contributed by atoms with Crippen LogP contribution in [0.4, 0.5) is 0 Å². The fraction of sp³-hybridized carbons (Fsp3) is 0.774. The Morgan fingerprint density at radius 3 is 1.54 bits per heavy atom. The molecule has 1 aliphatic carbocycles. The molecule has 2 rings (SSSR count). The van der Waals surface area contributed by atoms with E-state index in [0.717, 1.165) is 63.6 Å². The Morgan fingerprint density at radius 2 is 1.04 bits per heavy atom. The molecule has 0 heterocycles. The standard InChI is InChI=1S/C62H107N7O15.H2O/c1-64-53(55(71)44-51(60(63)77)43-48-25-29-52(70)30-26-48)21-18-20-34-66-57(73)46-83-41-40-82-38-36-68-58(74)47-84-42-39-81-37-35-67-56(72)32-31-54(62(79)80)69-61(78)50-27-23-49(24-28-50)45-65-33-19-16-14-12-10-8-6-4-2-3-5-7-9-11-13-15-17-22-59(75)76;/h25-26,29-30,49-51,53-54,64-65,70H,2-24,27-28,31-47H2,1H3,(H2,63,77)(H,66,73)(H,67,72)(H,68,74)(H,69,78)(H,75,76)(H,79,80);1H2/t49?,50?,51-,53+,54+;/m1./s1. The van der Waals surface area contributed by atoms with E-state index in [1.165, 1.54) is 102 Å². The van der Waals surface area contributed by atoms with Crippen LogP contribution in [0.15, 0.2) is 24.3 Å². The molecule has 3 atom stereocenters. The molecule has 0 aliphatic heterocycles. The Kier molecular flexibility index (Phi) is 47.4. The number of amides is 5. The molecule has 0 unspecified atom stereocenters. The molecule has 0 aromatic heterocycles. The highest BCUT2D eigenvalue weighted by atomic mass is 16.5. The van der Waals surface area contributed by atoms with Crippen molar-refractivity contribution in [1.82, 2.24) is 31.9 Å². The minimum Gasteiger partial charge on any atom is -0.508 e. The number of carboxylic acid groups (broad SMARTS) is 2. The molecule has 0 spiro atoms. The van der Waals surface area contributed by atoms with E-state index in [-0.39, 0.29) is 132 Å². The van der Waals surface area contributed by atoms with E-state index in [1.807, 2.05) is 0 Å². The summed E-state index contributed by atoms with van der Waals surface area (Å²) in [5.74, 6) is -4.05. The molecule has 5 amide bonds. The Morgan fingerprint density at radius 1 is 0.553 bits per heavy atom. The van der Waals surface area contributed by atoms with E-state index in [0.29, 0.717) is 44.6 Å². The normalized spacial score (nSPS) is 15.0. The number of nitrogens with two attached hydrogens (primary N) is 1. The SMILES string of the molecule is CN[C@@H](CCCCNC(=O)COCCOCCNC(=O)COCCOCCNC(=O)CC[C@H](NC(=O)C1CCC(CNCCCCCCCCCCCCCCCCCCCC(=O)O)CC1)C(=O)O)C(=O)C[C@@H](Cc1ccc(O)cc1)C(N)=O.O.